The van der Waals surface area contributed by atoms with Crippen molar-refractivity contribution in [2.75, 3.05) is 6.61 Å². The molecule has 0 aliphatic heterocycles. The molecule has 2 aromatic carbocycles. The summed E-state index contributed by atoms with van der Waals surface area (Å²) in [5, 5.41) is 9.01. The van der Waals surface area contributed by atoms with Crippen molar-refractivity contribution < 1.29 is 27.8 Å². The van der Waals surface area contributed by atoms with Crippen molar-refractivity contribution in [1.82, 2.24) is 0 Å². The molecule has 0 radical (unpaired) electrons. The third kappa shape index (κ3) is 6.96. The van der Waals surface area contributed by atoms with Crippen LogP contribution < -0.4 is 4.74 Å². The number of halogens is 3. The number of ether oxygens (including phenoxy) is 1. The van der Waals surface area contributed by atoms with Gasteiger partial charge in [0.15, 0.2) is 0 Å². The number of hydrogen-bond acceptors (Lipinski definition) is 2. The van der Waals surface area contributed by atoms with Gasteiger partial charge in [0, 0.05) is 12.0 Å². The molecule has 0 saturated carbocycles. The topological polar surface area (TPSA) is 46.5 Å². The molecule has 1 unspecified atom stereocenters. The Balaban J connectivity index is 2.14. The molecule has 0 aliphatic rings. The summed E-state index contributed by atoms with van der Waals surface area (Å²) in [6.45, 7) is 1.65. The summed E-state index contributed by atoms with van der Waals surface area (Å²) < 4.78 is 42.5. The van der Waals surface area contributed by atoms with Crippen LogP contribution in [0.3, 0.4) is 0 Å². The van der Waals surface area contributed by atoms with E-state index in [4.69, 9.17) is 9.84 Å². The lowest BCUT2D eigenvalue weighted by Gasteiger charge is -2.15. The standard InChI is InChI=1S/C21H23F3O3/c1-15(20(25)26)8-9-16-10-11-19(27-13-5-12-21(22,23)24)18(14-16)17-6-3-2-4-7-17/h2-4,6-7,10-11,14-15H,5,8-9,12-13H2,1H3,(H,25,26). The van der Waals surface area contributed by atoms with Crippen molar-refractivity contribution in [2.45, 2.75) is 38.8 Å². The molecule has 0 aromatic heterocycles. The van der Waals surface area contributed by atoms with E-state index in [1.807, 2.05) is 42.5 Å². The lowest BCUT2D eigenvalue weighted by atomic mass is 9.97. The molecule has 1 atom stereocenters. The van der Waals surface area contributed by atoms with E-state index in [0.29, 0.717) is 18.6 Å². The Hall–Kier alpha value is -2.50. The fourth-order valence-electron chi connectivity index (χ4n) is 2.66. The fraction of sp³-hybridized carbons (Fsp3) is 0.381. The molecule has 0 saturated heterocycles. The maximum absolute atomic E-state index is 12.3. The van der Waals surface area contributed by atoms with Gasteiger partial charge in [-0.1, -0.05) is 43.3 Å². The molecule has 2 rings (SSSR count). The van der Waals surface area contributed by atoms with E-state index < -0.39 is 24.5 Å². The summed E-state index contributed by atoms with van der Waals surface area (Å²) >= 11 is 0. The van der Waals surface area contributed by atoms with Crippen LogP contribution in [-0.4, -0.2) is 23.9 Å². The van der Waals surface area contributed by atoms with E-state index in [1.54, 1.807) is 13.0 Å². The Morgan fingerprint density at radius 3 is 2.48 bits per heavy atom. The normalized spacial score (nSPS) is 12.6. The Labute approximate surface area is 156 Å². The van der Waals surface area contributed by atoms with Gasteiger partial charge in [0.05, 0.1) is 12.5 Å². The molecule has 0 aliphatic carbocycles. The summed E-state index contributed by atoms with van der Waals surface area (Å²) in [4.78, 5) is 11.0. The van der Waals surface area contributed by atoms with E-state index in [2.05, 4.69) is 0 Å². The van der Waals surface area contributed by atoms with Gasteiger partial charge in [-0.3, -0.25) is 4.79 Å². The largest absolute Gasteiger partial charge is 0.493 e. The van der Waals surface area contributed by atoms with Crippen LogP contribution in [0.1, 0.15) is 31.7 Å². The van der Waals surface area contributed by atoms with Crippen LogP contribution in [0.4, 0.5) is 13.2 Å². The van der Waals surface area contributed by atoms with Gasteiger partial charge in [-0.15, -0.1) is 0 Å². The zero-order chi connectivity index (χ0) is 19.9. The maximum Gasteiger partial charge on any atom is 0.389 e. The third-order valence-electron chi connectivity index (χ3n) is 4.28. The molecule has 0 bridgehead atoms. The predicted octanol–water partition coefficient (Wildman–Crippen LogP) is 5.73. The third-order valence-corrected chi connectivity index (χ3v) is 4.28. The highest BCUT2D eigenvalue weighted by atomic mass is 19.4. The van der Waals surface area contributed by atoms with Gasteiger partial charge in [-0.2, -0.15) is 13.2 Å². The van der Waals surface area contributed by atoms with E-state index in [0.717, 1.165) is 16.7 Å². The molecular formula is C21H23F3O3. The predicted molar refractivity (Wildman–Crippen MR) is 97.8 cm³/mol. The Bertz CT molecular complexity index is 742. The molecule has 27 heavy (non-hydrogen) atoms. The minimum Gasteiger partial charge on any atom is -0.493 e. The first-order chi connectivity index (χ1) is 12.8. The summed E-state index contributed by atoms with van der Waals surface area (Å²) in [5.41, 5.74) is 2.66. The van der Waals surface area contributed by atoms with E-state index in [-0.39, 0.29) is 13.0 Å². The second kappa shape index (κ2) is 9.44. The van der Waals surface area contributed by atoms with E-state index in [1.165, 1.54) is 0 Å². The molecule has 6 heteroatoms. The van der Waals surface area contributed by atoms with Crippen LogP contribution in [0.25, 0.3) is 11.1 Å². The molecule has 146 valence electrons. The van der Waals surface area contributed by atoms with Crippen LogP contribution in [0, 0.1) is 5.92 Å². The number of hydrogen-bond donors (Lipinski definition) is 1. The van der Waals surface area contributed by atoms with Crippen molar-refractivity contribution >= 4 is 5.97 Å². The molecule has 1 N–H and O–H groups in total. The van der Waals surface area contributed by atoms with E-state index >= 15 is 0 Å². The number of benzene rings is 2. The second-order valence-corrected chi connectivity index (χ2v) is 6.54. The number of rotatable bonds is 9. The Morgan fingerprint density at radius 1 is 1.15 bits per heavy atom. The van der Waals surface area contributed by atoms with Crippen molar-refractivity contribution in [2.24, 2.45) is 5.92 Å². The molecule has 0 amide bonds. The quantitative estimate of drug-likeness (QED) is 0.565. The van der Waals surface area contributed by atoms with Crippen LogP contribution in [-0.2, 0) is 11.2 Å². The number of carbonyl (C=O) groups is 1. The molecule has 2 aromatic rings. The van der Waals surface area contributed by atoms with Gasteiger partial charge in [0.1, 0.15) is 5.75 Å². The van der Waals surface area contributed by atoms with Crippen molar-refractivity contribution in [3.63, 3.8) is 0 Å². The smallest absolute Gasteiger partial charge is 0.389 e. The number of aryl methyl sites for hydroxylation is 1. The summed E-state index contributed by atoms with van der Waals surface area (Å²) in [7, 11) is 0. The minimum atomic E-state index is -4.18. The zero-order valence-electron chi connectivity index (χ0n) is 15.1. The lowest BCUT2D eigenvalue weighted by Crippen LogP contribution is -2.10. The highest BCUT2D eigenvalue weighted by Crippen LogP contribution is 2.32. The average Bonchev–Trinajstić information content (AvgIpc) is 2.63. The fourth-order valence-corrected chi connectivity index (χ4v) is 2.66. The Morgan fingerprint density at radius 2 is 1.85 bits per heavy atom. The molecule has 0 heterocycles. The summed E-state index contributed by atoms with van der Waals surface area (Å²) in [6.07, 6.45) is -4.05. The Kier molecular flexibility index (Phi) is 7.28. The number of aliphatic carboxylic acids is 1. The van der Waals surface area contributed by atoms with Gasteiger partial charge in [-0.25, -0.2) is 0 Å². The van der Waals surface area contributed by atoms with Gasteiger partial charge in [0.2, 0.25) is 0 Å². The maximum atomic E-state index is 12.3. The zero-order valence-corrected chi connectivity index (χ0v) is 15.1. The second-order valence-electron chi connectivity index (χ2n) is 6.54. The minimum absolute atomic E-state index is 0.0191. The van der Waals surface area contributed by atoms with Gasteiger partial charge < -0.3 is 9.84 Å². The van der Waals surface area contributed by atoms with Crippen molar-refractivity contribution in [3.05, 3.63) is 54.1 Å². The van der Waals surface area contributed by atoms with Crippen LogP contribution >= 0.6 is 0 Å². The average molecular weight is 380 g/mol. The van der Waals surface area contributed by atoms with Gasteiger partial charge in [0.25, 0.3) is 0 Å². The van der Waals surface area contributed by atoms with Gasteiger partial charge in [-0.05, 0) is 42.5 Å². The highest BCUT2D eigenvalue weighted by molar-refractivity contribution is 5.71. The highest BCUT2D eigenvalue weighted by Gasteiger charge is 2.26. The first kappa shape index (κ1) is 20.8. The monoisotopic (exact) mass is 380 g/mol. The lowest BCUT2D eigenvalue weighted by molar-refractivity contribution is -0.141. The van der Waals surface area contributed by atoms with Crippen LogP contribution in [0.15, 0.2) is 48.5 Å². The number of alkyl halides is 3. The molecule has 0 spiro atoms. The summed E-state index contributed by atoms with van der Waals surface area (Å²) in [5.74, 6) is -0.746. The van der Waals surface area contributed by atoms with Crippen molar-refractivity contribution in [3.8, 4) is 16.9 Å². The van der Waals surface area contributed by atoms with E-state index in [9.17, 15) is 18.0 Å². The number of carboxylic acids is 1. The first-order valence-electron chi connectivity index (χ1n) is 8.87. The molecular weight excluding hydrogens is 357 g/mol. The van der Waals surface area contributed by atoms with Crippen molar-refractivity contribution in [1.29, 1.82) is 0 Å². The molecule has 3 nitrogen and oxygen atoms in total. The molecule has 0 fully saturated rings. The SMILES string of the molecule is CC(CCc1ccc(OCCCC(F)(F)F)c(-c2ccccc2)c1)C(=O)O. The summed E-state index contributed by atoms with van der Waals surface area (Å²) in [6, 6.07) is 14.9. The number of carboxylic acid groups (broad SMARTS) is 1. The van der Waals surface area contributed by atoms with Crippen LogP contribution in [0.5, 0.6) is 5.75 Å². The first-order valence-corrected chi connectivity index (χ1v) is 8.87. The van der Waals surface area contributed by atoms with Crippen LogP contribution in [0.2, 0.25) is 0 Å². The van der Waals surface area contributed by atoms with Gasteiger partial charge >= 0.3 is 12.1 Å².